The van der Waals surface area contributed by atoms with E-state index in [1.165, 1.54) is 0 Å². The zero-order valence-electron chi connectivity index (χ0n) is 12.4. The number of rotatable bonds is 12. The van der Waals surface area contributed by atoms with E-state index in [1.54, 1.807) is 0 Å². The van der Waals surface area contributed by atoms with Crippen LogP contribution in [-0.4, -0.2) is 48.3 Å². The first kappa shape index (κ1) is 18.9. The van der Waals surface area contributed by atoms with Gasteiger partial charge in [-0.15, -0.1) is 0 Å². The summed E-state index contributed by atoms with van der Waals surface area (Å²) in [7, 11) is 0. The van der Waals surface area contributed by atoms with Gasteiger partial charge >= 0.3 is 0 Å². The Morgan fingerprint density at radius 3 is 1.95 bits per heavy atom. The lowest BCUT2D eigenvalue weighted by atomic mass is 9.94. The summed E-state index contributed by atoms with van der Waals surface area (Å²) < 4.78 is 0. The molecule has 0 heterocycles. The zero-order chi connectivity index (χ0) is 15.2. The van der Waals surface area contributed by atoms with Crippen LogP contribution in [0, 0.1) is 5.92 Å². The molecule has 0 aromatic heterocycles. The lowest BCUT2D eigenvalue weighted by Gasteiger charge is -2.14. The van der Waals surface area contributed by atoms with Crippen molar-refractivity contribution >= 4 is 11.8 Å². The molecule has 0 saturated heterocycles. The van der Waals surface area contributed by atoms with E-state index in [1.807, 2.05) is 0 Å². The van der Waals surface area contributed by atoms with E-state index in [4.69, 9.17) is 10.2 Å². The van der Waals surface area contributed by atoms with E-state index in [0.717, 1.165) is 19.3 Å². The van der Waals surface area contributed by atoms with Crippen molar-refractivity contribution in [3.63, 3.8) is 0 Å². The first-order valence-electron chi connectivity index (χ1n) is 7.39. The minimum atomic E-state index is -0.0510. The molecule has 0 aliphatic heterocycles. The van der Waals surface area contributed by atoms with Crippen LogP contribution < -0.4 is 10.6 Å². The van der Waals surface area contributed by atoms with Gasteiger partial charge < -0.3 is 20.8 Å². The molecule has 0 radical (unpaired) electrons. The highest BCUT2D eigenvalue weighted by atomic mass is 16.3. The minimum absolute atomic E-state index is 0.00151. The summed E-state index contributed by atoms with van der Waals surface area (Å²) in [6.07, 6.45) is 3.95. The lowest BCUT2D eigenvalue weighted by molar-refractivity contribution is -0.121. The topological polar surface area (TPSA) is 98.7 Å². The van der Waals surface area contributed by atoms with Crippen LogP contribution >= 0.6 is 0 Å². The number of nitrogens with one attached hydrogen (secondary N) is 2. The summed E-state index contributed by atoms with van der Waals surface area (Å²) in [6, 6.07) is 0. The summed E-state index contributed by atoms with van der Waals surface area (Å²) in [4.78, 5) is 22.9. The Labute approximate surface area is 120 Å². The number of aliphatic hydroxyl groups is 2. The summed E-state index contributed by atoms with van der Waals surface area (Å²) in [5, 5.41) is 22.6. The van der Waals surface area contributed by atoms with Crippen LogP contribution in [0.2, 0.25) is 0 Å². The molecule has 0 bridgehead atoms. The Morgan fingerprint density at radius 1 is 0.950 bits per heavy atom. The summed E-state index contributed by atoms with van der Waals surface area (Å²) in [5.41, 5.74) is 0. The van der Waals surface area contributed by atoms with Crippen LogP contribution in [0.25, 0.3) is 0 Å². The molecule has 0 aromatic carbocycles. The number of amides is 2. The van der Waals surface area contributed by atoms with Crippen LogP contribution in [0.4, 0.5) is 0 Å². The highest BCUT2D eigenvalue weighted by Gasteiger charge is 2.11. The number of carbonyl (C=O) groups is 2. The Morgan fingerprint density at radius 2 is 1.50 bits per heavy atom. The summed E-state index contributed by atoms with van der Waals surface area (Å²) in [6.45, 7) is 2.90. The molecule has 0 aliphatic rings. The second-order valence-electron chi connectivity index (χ2n) is 4.85. The van der Waals surface area contributed by atoms with Gasteiger partial charge in [-0.1, -0.05) is 13.3 Å². The van der Waals surface area contributed by atoms with Crippen LogP contribution in [0.1, 0.15) is 45.4 Å². The largest absolute Gasteiger partial charge is 0.396 e. The van der Waals surface area contributed by atoms with Crippen molar-refractivity contribution in [2.24, 2.45) is 5.92 Å². The summed E-state index contributed by atoms with van der Waals surface area (Å²) in [5.74, 6) is 0.310. The van der Waals surface area contributed by atoms with Crippen molar-refractivity contribution in [2.45, 2.75) is 45.4 Å². The molecule has 1 unspecified atom stereocenters. The van der Waals surface area contributed by atoms with Gasteiger partial charge in [0.1, 0.15) is 0 Å². The van der Waals surface area contributed by atoms with E-state index in [9.17, 15) is 9.59 Å². The molecule has 0 aromatic rings. The fourth-order valence-corrected chi connectivity index (χ4v) is 1.90. The van der Waals surface area contributed by atoms with Crippen LogP contribution in [0.15, 0.2) is 0 Å². The maximum absolute atomic E-state index is 11.5. The second-order valence-corrected chi connectivity index (χ2v) is 4.85. The highest BCUT2D eigenvalue weighted by Crippen LogP contribution is 2.17. The van der Waals surface area contributed by atoms with Crippen LogP contribution in [0.5, 0.6) is 0 Å². The number of aliphatic hydroxyl groups excluding tert-OH is 2. The fourth-order valence-electron chi connectivity index (χ4n) is 1.90. The van der Waals surface area contributed by atoms with E-state index in [0.29, 0.717) is 38.3 Å². The van der Waals surface area contributed by atoms with Crippen LogP contribution in [-0.2, 0) is 9.59 Å². The highest BCUT2D eigenvalue weighted by molar-refractivity contribution is 5.76. The third kappa shape index (κ3) is 10.8. The molecular weight excluding hydrogens is 260 g/mol. The molecule has 0 fully saturated rings. The lowest BCUT2D eigenvalue weighted by Crippen LogP contribution is -2.27. The Balaban J connectivity index is 3.75. The van der Waals surface area contributed by atoms with E-state index < -0.39 is 0 Å². The van der Waals surface area contributed by atoms with Gasteiger partial charge in [0.15, 0.2) is 0 Å². The molecule has 118 valence electrons. The summed E-state index contributed by atoms with van der Waals surface area (Å²) >= 11 is 0. The van der Waals surface area contributed by atoms with Gasteiger partial charge in [0.25, 0.3) is 0 Å². The third-order valence-electron chi connectivity index (χ3n) is 3.23. The van der Waals surface area contributed by atoms with Crippen molar-refractivity contribution in [3.05, 3.63) is 0 Å². The van der Waals surface area contributed by atoms with Crippen LogP contribution in [0.3, 0.4) is 0 Å². The van der Waals surface area contributed by atoms with Crippen molar-refractivity contribution in [2.75, 3.05) is 26.3 Å². The van der Waals surface area contributed by atoms with E-state index in [-0.39, 0.29) is 25.0 Å². The zero-order valence-corrected chi connectivity index (χ0v) is 12.4. The predicted molar refractivity (Wildman–Crippen MR) is 77.1 cm³/mol. The van der Waals surface area contributed by atoms with E-state index >= 15 is 0 Å². The molecule has 2 amide bonds. The predicted octanol–water partition coefficient (Wildman–Crippen LogP) is 0.180. The first-order valence-corrected chi connectivity index (χ1v) is 7.39. The van der Waals surface area contributed by atoms with E-state index in [2.05, 4.69) is 17.6 Å². The maximum atomic E-state index is 11.5. The van der Waals surface area contributed by atoms with Gasteiger partial charge in [0, 0.05) is 32.5 Å². The SMILES string of the molecule is CCC(CCC(=O)NCCO)CCC(=O)NCCCO. The van der Waals surface area contributed by atoms with Gasteiger partial charge in [0.05, 0.1) is 6.61 Å². The smallest absolute Gasteiger partial charge is 0.220 e. The average molecular weight is 288 g/mol. The number of carbonyl (C=O) groups excluding carboxylic acids is 2. The molecule has 0 aliphatic carbocycles. The monoisotopic (exact) mass is 288 g/mol. The van der Waals surface area contributed by atoms with Crippen molar-refractivity contribution in [1.82, 2.24) is 10.6 Å². The molecule has 20 heavy (non-hydrogen) atoms. The molecule has 0 saturated carbocycles. The standard InChI is InChI=1S/C14H28N2O4/c1-2-12(5-7-14(20)16-9-11-18)4-6-13(19)15-8-3-10-17/h12,17-18H,2-11H2,1H3,(H,15,19)(H,16,20). The van der Waals surface area contributed by atoms with Gasteiger partial charge in [-0.25, -0.2) is 0 Å². The number of hydrogen-bond acceptors (Lipinski definition) is 4. The third-order valence-corrected chi connectivity index (χ3v) is 3.23. The Hall–Kier alpha value is -1.14. The minimum Gasteiger partial charge on any atom is -0.396 e. The molecular formula is C14H28N2O4. The van der Waals surface area contributed by atoms with Crippen molar-refractivity contribution in [3.8, 4) is 0 Å². The second kappa shape index (κ2) is 12.9. The van der Waals surface area contributed by atoms with Gasteiger partial charge in [-0.3, -0.25) is 9.59 Å². The fraction of sp³-hybridized carbons (Fsp3) is 0.857. The van der Waals surface area contributed by atoms with Gasteiger partial charge in [-0.2, -0.15) is 0 Å². The molecule has 6 heteroatoms. The molecule has 4 N–H and O–H groups in total. The van der Waals surface area contributed by atoms with Crippen molar-refractivity contribution < 1.29 is 19.8 Å². The van der Waals surface area contributed by atoms with Gasteiger partial charge in [0.2, 0.25) is 11.8 Å². The first-order chi connectivity index (χ1) is 9.63. The maximum Gasteiger partial charge on any atom is 0.220 e. The van der Waals surface area contributed by atoms with Crippen molar-refractivity contribution in [1.29, 1.82) is 0 Å². The average Bonchev–Trinajstić information content (AvgIpc) is 2.45. The normalized spacial score (nSPS) is 11.9. The molecule has 0 rings (SSSR count). The molecule has 1 atom stereocenters. The molecule has 6 nitrogen and oxygen atoms in total. The van der Waals surface area contributed by atoms with Gasteiger partial charge in [-0.05, 0) is 25.2 Å². The Kier molecular flexibility index (Phi) is 12.1. The quantitative estimate of drug-likeness (QED) is 0.385. The number of hydrogen-bond donors (Lipinski definition) is 4. The Bertz CT molecular complexity index is 272. The molecule has 0 spiro atoms.